The van der Waals surface area contributed by atoms with Crippen LogP contribution >= 0.6 is 0 Å². The fourth-order valence-corrected chi connectivity index (χ4v) is 2.78. The molecule has 3 rings (SSSR count). The van der Waals surface area contributed by atoms with Crippen LogP contribution < -0.4 is 10.2 Å². The number of amides is 1. The first-order valence-electron chi connectivity index (χ1n) is 8.72. The minimum Gasteiger partial charge on any atom is -0.484 e. The zero-order valence-electron chi connectivity index (χ0n) is 15.4. The van der Waals surface area contributed by atoms with Crippen LogP contribution in [-0.4, -0.2) is 62.0 Å². The third-order valence-electron chi connectivity index (χ3n) is 5.11. The predicted octanol–water partition coefficient (Wildman–Crippen LogP) is 1.22. The summed E-state index contributed by atoms with van der Waals surface area (Å²) in [5, 5.41) is 0. The van der Waals surface area contributed by atoms with Gasteiger partial charge in [-0.1, -0.05) is 12.1 Å². The van der Waals surface area contributed by atoms with Crippen molar-refractivity contribution in [2.24, 2.45) is 0 Å². The summed E-state index contributed by atoms with van der Waals surface area (Å²) >= 11 is 0. The van der Waals surface area contributed by atoms with Gasteiger partial charge in [-0.15, -0.1) is 0 Å². The van der Waals surface area contributed by atoms with E-state index in [9.17, 15) is 4.79 Å². The van der Waals surface area contributed by atoms with E-state index in [1.807, 2.05) is 52.0 Å². The van der Waals surface area contributed by atoms with Gasteiger partial charge in [0.25, 0.3) is 5.91 Å². The summed E-state index contributed by atoms with van der Waals surface area (Å²) in [6.45, 7) is 10.5. The number of benzene rings is 1. The highest BCUT2D eigenvalue weighted by molar-refractivity contribution is 6.62. The molecule has 136 valence electrons. The average Bonchev–Trinajstić information content (AvgIpc) is 2.81. The van der Waals surface area contributed by atoms with Gasteiger partial charge in [0.1, 0.15) is 5.75 Å². The smallest absolute Gasteiger partial charge is 0.484 e. The lowest BCUT2D eigenvalue weighted by molar-refractivity contribution is -0.137. The second-order valence-corrected chi connectivity index (χ2v) is 7.44. The summed E-state index contributed by atoms with van der Waals surface area (Å²) in [7, 11) is -0.441. The molecule has 0 saturated carbocycles. The van der Waals surface area contributed by atoms with Crippen LogP contribution in [-0.2, 0) is 18.8 Å². The Morgan fingerprint density at radius 3 is 2.44 bits per heavy atom. The zero-order valence-corrected chi connectivity index (χ0v) is 15.4. The Kier molecular flexibility index (Phi) is 5.09. The maximum Gasteiger partial charge on any atom is 0.494 e. The molecule has 1 amide bonds. The van der Waals surface area contributed by atoms with E-state index >= 15 is 0 Å². The van der Waals surface area contributed by atoms with Crippen molar-refractivity contribution in [2.45, 2.75) is 38.9 Å². The molecule has 2 fully saturated rings. The predicted molar refractivity (Wildman–Crippen MR) is 95.1 cm³/mol. The van der Waals surface area contributed by atoms with Crippen LogP contribution in [0.4, 0.5) is 0 Å². The molecule has 0 bridgehead atoms. The summed E-state index contributed by atoms with van der Waals surface area (Å²) in [5.74, 6) is 0.609. The van der Waals surface area contributed by atoms with E-state index in [1.165, 1.54) is 0 Å². The van der Waals surface area contributed by atoms with E-state index in [0.29, 0.717) is 32.1 Å². The maximum absolute atomic E-state index is 12.2. The first-order valence-corrected chi connectivity index (χ1v) is 8.72. The topological polar surface area (TPSA) is 57.2 Å². The Labute approximate surface area is 149 Å². The lowest BCUT2D eigenvalue weighted by Gasteiger charge is -2.32. The number of carbonyl (C=O) groups is 1. The molecule has 0 radical (unpaired) electrons. The van der Waals surface area contributed by atoms with Crippen LogP contribution in [0, 0.1) is 0 Å². The molecular weight excluding hydrogens is 321 g/mol. The van der Waals surface area contributed by atoms with Gasteiger partial charge in [-0.25, -0.2) is 0 Å². The number of hydrogen-bond acceptors (Lipinski definition) is 5. The first-order chi connectivity index (χ1) is 11.8. The van der Waals surface area contributed by atoms with E-state index in [0.717, 1.165) is 5.46 Å². The molecule has 2 aliphatic rings. The standard InChI is InChI=1S/C18H26BNO5/c1-17(2)18(3,4)25-19(24-17)14-6-5-7-15(12-14)23-13-16(21)20-8-10-22-11-9-20/h5-7,12H,8-11,13H2,1-4H3. The molecule has 2 heterocycles. The van der Waals surface area contributed by atoms with Gasteiger partial charge in [-0.05, 0) is 45.3 Å². The fraction of sp³-hybridized carbons (Fsp3) is 0.611. The highest BCUT2D eigenvalue weighted by atomic mass is 16.7. The Balaban J connectivity index is 1.61. The van der Waals surface area contributed by atoms with Crippen LogP contribution in [0.5, 0.6) is 5.75 Å². The van der Waals surface area contributed by atoms with Gasteiger partial charge in [0.15, 0.2) is 6.61 Å². The van der Waals surface area contributed by atoms with Crippen molar-refractivity contribution >= 4 is 18.5 Å². The molecule has 0 aromatic heterocycles. The van der Waals surface area contributed by atoms with Gasteiger partial charge >= 0.3 is 7.12 Å². The maximum atomic E-state index is 12.2. The lowest BCUT2D eigenvalue weighted by Crippen LogP contribution is -2.43. The Morgan fingerprint density at radius 2 is 1.80 bits per heavy atom. The highest BCUT2D eigenvalue weighted by Gasteiger charge is 2.51. The van der Waals surface area contributed by atoms with Crippen molar-refractivity contribution < 1.29 is 23.6 Å². The third kappa shape index (κ3) is 3.99. The van der Waals surface area contributed by atoms with Gasteiger partial charge in [0.2, 0.25) is 0 Å². The summed E-state index contributed by atoms with van der Waals surface area (Å²) in [4.78, 5) is 13.9. The minimum absolute atomic E-state index is 0.0207. The largest absolute Gasteiger partial charge is 0.494 e. The molecule has 1 aromatic carbocycles. The number of hydrogen-bond donors (Lipinski definition) is 0. The molecular formula is C18H26BNO5. The lowest BCUT2D eigenvalue weighted by atomic mass is 9.79. The van der Waals surface area contributed by atoms with Crippen LogP contribution in [0.1, 0.15) is 27.7 Å². The third-order valence-corrected chi connectivity index (χ3v) is 5.11. The Hall–Kier alpha value is -1.57. The van der Waals surface area contributed by atoms with Gasteiger partial charge in [0, 0.05) is 13.1 Å². The average molecular weight is 347 g/mol. The molecule has 0 N–H and O–H groups in total. The van der Waals surface area contributed by atoms with Gasteiger partial charge in [-0.3, -0.25) is 4.79 Å². The molecule has 2 saturated heterocycles. The van der Waals surface area contributed by atoms with Crippen LogP contribution in [0.3, 0.4) is 0 Å². The summed E-state index contributed by atoms with van der Waals surface area (Å²) in [6.07, 6.45) is 0. The van der Waals surface area contributed by atoms with E-state index in [2.05, 4.69) is 0 Å². The first kappa shape index (κ1) is 18.2. The van der Waals surface area contributed by atoms with Crippen molar-refractivity contribution in [1.82, 2.24) is 4.90 Å². The zero-order chi connectivity index (χ0) is 18.1. The monoisotopic (exact) mass is 347 g/mol. The Morgan fingerprint density at radius 1 is 1.16 bits per heavy atom. The van der Waals surface area contributed by atoms with Crippen LogP contribution in [0.15, 0.2) is 24.3 Å². The van der Waals surface area contributed by atoms with E-state index in [4.69, 9.17) is 18.8 Å². The number of carbonyl (C=O) groups excluding carboxylic acids is 1. The van der Waals surface area contributed by atoms with Crippen molar-refractivity contribution in [3.63, 3.8) is 0 Å². The molecule has 0 unspecified atom stereocenters. The molecule has 2 aliphatic heterocycles. The normalized spacial score (nSPS) is 22.1. The number of morpholine rings is 1. The number of nitrogens with zero attached hydrogens (tertiary/aromatic N) is 1. The molecule has 7 heteroatoms. The molecule has 0 spiro atoms. The van der Waals surface area contributed by atoms with Crippen molar-refractivity contribution in [3.8, 4) is 5.75 Å². The highest BCUT2D eigenvalue weighted by Crippen LogP contribution is 2.36. The summed E-state index contributed by atoms with van der Waals surface area (Å²) in [6, 6.07) is 7.53. The summed E-state index contributed by atoms with van der Waals surface area (Å²) in [5.41, 5.74) is 0.108. The molecule has 25 heavy (non-hydrogen) atoms. The SMILES string of the molecule is CC1(C)OB(c2cccc(OCC(=O)N3CCOCC3)c2)OC1(C)C. The van der Waals surface area contributed by atoms with Gasteiger partial charge < -0.3 is 23.7 Å². The van der Waals surface area contributed by atoms with Crippen molar-refractivity contribution in [3.05, 3.63) is 24.3 Å². The van der Waals surface area contributed by atoms with E-state index < -0.39 is 7.12 Å². The quantitative estimate of drug-likeness (QED) is 0.767. The Bertz CT molecular complexity index is 612. The summed E-state index contributed by atoms with van der Waals surface area (Å²) < 4.78 is 23.1. The van der Waals surface area contributed by atoms with E-state index in [1.54, 1.807) is 4.90 Å². The van der Waals surface area contributed by atoms with Gasteiger partial charge in [-0.2, -0.15) is 0 Å². The van der Waals surface area contributed by atoms with Crippen molar-refractivity contribution in [1.29, 1.82) is 0 Å². The molecule has 0 atom stereocenters. The molecule has 6 nitrogen and oxygen atoms in total. The molecule has 1 aromatic rings. The number of rotatable bonds is 4. The van der Waals surface area contributed by atoms with Gasteiger partial charge in [0.05, 0.1) is 24.4 Å². The van der Waals surface area contributed by atoms with Crippen LogP contribution in [0.25, 0.3) is 0 Å². The second kappa shape index (κ2) is 6.98. The minimum atomic E-state index is -0.441. The van der Waals surface area contributed by atoms with E-state index in [-0.39, 0.29) is 23.7 Å². The van der Waals surface area contributed by atoms with Crippen molar-refractivity contribution in [2.75, 3.05) is 32.9 Å². The second-order valence-electron chi connectivity index (χ2n) is 7.44. The fourth-order valence-electron chi connectivity index (χ4n) is 2.78. The van der Waals surface area contributed by atoms with Crippen LogP contribution in [0.2, 0.25) is 0 Å². The number of ether oxygens (including phenoxy) is 2. The molecule has 0 aliphatic carbocycles.